The van der Waals surface area contributed by atoms with Crippen LogP contribution in [0.2, 0.25) is 0 Å². The molecule has 0 aromatic heterocycles. The van der Waals surface area contributed by atoms with Crippen molar-refractivity contribution in [2.24, 2.45) is 5.92 Å². The van der Waals surface area contributed by atoms with Gasteiger partial charge in [-0.2, -0.15) is 0 Å². The van der Waals surface area contributed by atoms with Crippen LogP contribution in [-0.4, -0.2) is 46.2 Å². The number of nitro groups is 1. The molecule has 0 spiro atoms. The van der Waals surface area contributed by atoms with E-state index in [1.165, 1.54) is 22.6 Å². The van der Waals surface area contributed by atoms with Gasteiger partial charge in [-0.3, -0.25) is 24.6 Å². The lowest BCUT2D eigenvalue weighted by molar-refractivity contribution is -0.384. The largest absolute Gasteiger partial charge is 0.366 e. The number of nitro benzene ring substituents is 1. The van der Waals surface area contributed by atoms with Gasteiger partial charge in [0.15, 0.2) is 0 Å². The van der Waals surface area contributed by atoms with Gasteiger partial charge in [0.1, 0.15) is 5.70 Å². The first-order valence-corrected chi connectivity index (χ1v) is 11.1. The Bertz CT molecular complexity index is 1040. The van der Waals surface area contributed by atoms with Gasteiger partial charge in [-0.05, 0) is 54.9 Å². The topological polar surface area (TPSA) is 83.8 Å². The zero-order chi connectivity index (χ0) is 22.7. The van der Waals surface area contributed by atoms with E-state index in [1.54, 1.807) is 12.1 Å². The highest BCUT2D eigenvalue weighted by molar-refractivity contribution is 6.35. The lowest BCUT2D eigenvalue weighted by atomic mass is 9.89. The van der Waals surface area contributed by atoms with Crippen LogP contribution in [0, 0.1) is 16.0 Å². The Labute approximate surface area is 187 Å². The Morgan fingerprint density at radius 2 is 1.62 bits per heavy atom. The van der Waals surface area contributed by atoms with E-state index in [0.29, 0.717) is 48.8 Å². The van der Waals surface area contributed by atoms with E-state index in [4.69, 9.17) is 0 Å². The Hall–Kier alpha value is -3.48. The number of benzene rings is 2. The maximum Gasteiger partial charge on any atom is 0.277 e. The molecule has 0 unspecified atom stereocenters. The molecule has 2 aliphatic heterocycles. The molecule has 4 rings (SSSR count). The summed E-state index contributed by atoms with van der Waals surface area (Å²) in [5, 5.41) is 11.0. The molecule has 1 saturated heterocycles. The van der Waals surface area contributed by atoms with E-state index in [1.807, 2.05) is 17.9 Å². The average molecular weight is 434 g/mol. The lowest BCUT2D eigenvalue weighted by Gasteiger charge is -2.34. The Morgan fingerprint density at radius 3 is 2.22 bits per heavy atom. The molecule has 0 aliphatic carbocycles. The molecule has 166 valence electrons. The van der Waals surface area contributed by atoms with Gasteiger partial charge in [0.05, 0.1) is 10.5 Å². The zero-order valence-electron chi connectivity index (χ0n) is 18.2. The molecule has 0 N–H and O–H groups in total. The van der Waals surface area contributed by atoms with E-state index >= 15 is 0 Å². The van der Waals surface area contributed by atoms with Crippen LogP contribution >= 0.6 is 0 Å². The van der Waals surface area contributed by atoms with Crippen molar-refractivity contribution in [1.29, 1.82) is 0 Å². The van der Waals surface area contributed by atoms with Crippen molar-refractivity contribution in [3.8, 4) is 0 Å². The van der Waals surface area contributed by atoms with Gasteiger partial charge in [-0.1, -0.05) is 37.3 Å². The van der Waals surface area contributed by atoms with Gasteiger partial charge >= 0.3 is 0 Å². The van der Waals surface area contributed by atoms with Crippen LogP contribution in [0.1, 0.15) is 37.3 Å². The number of amides is 2. The number of hydrogen-bond acceptors (Lipinski definition) is 5. The molecule has 0 radical (unpaired) electrons. The van der Waals surface area contributed by atoms with E-state index in [-0.39, 0.29) is 17.5 Å². The van der Waals surface area contributed by atoms with Crippen LogP contribution in [0.5, 0.6) is 0 Å². The number of imide groups is 1. The maximum atomic E-state index is 13.2. The van der Waals surface area contributed by atoms with E-state index in [0.717, 1.165) is 19.3 Å². The molecular weight excluding hydrogens is 406 g/mol. The number of non-ortho nitro benzene ring substituents is 1. The molecule has 2 aromatic carbocycles. The van der Waals surface area contributed by atoms with Crippen LogP contribution in [0.25, 0.3) is 5.57 Å². The SMILES string of the molecule is CCCN1C(=O)C(c2ccc([N+](=O)[O-])cc2)=C(N2CCC(Cc3ccccc3)CC2)C1=O. The predicted octanol–water partition coefficient (Wildman–Crippen LogP) is 4.04. The van der Waals surface area contributed by atoms with Gasteiger partial charge in [0, 0.05) is 31.8 Å². The number of likely N-dealkylation sites (tertiary alicyclic amines) is 1. The lowest BCUT2D eigenvalue weighted by Crippen LogP contribution is -2.39. The molecule has 2 amide bonds. The third-order valence-electron chi connectivity index (χ3n) is 6.26. The van der Waals surface area contributed by atoms with Crippen molar-refractivity contribution in [3.63, 3.8) is 0 Å². The van der Waals surface area contributed by atoms with Crippen LogP contribution in [0.3, 0.4) is 0 Å². The first-order valence-electron chi connectivity index (χ1n) is 11.1. The smallest absolute Gasteiger partial charge is 0.277 e. The van der Waals surface area contributed by atoms with Gasteiger partial charge in [0.2, 0.25) is 0 Å². The standard InChI is InChI=1S/C25H27N3O4/c1-2-14-27-24(29)22(20-8-10-21(11-9-20)28(31)32)23(25(27)30)26-15-12-19(13-16-26)17-18-6-4-3-5-7-18/h3-11,19H,2,12-17H2,1H3. The minimum Gasteiger partial charge on any atom is -0.366 e. The average Bonchev–Trinajstić information content (AvgIpc) is 3.05. The maximum absolute atomic E-state index is 13.2. The fourth-order valence-electron chi connectivity index (χ4n) is 4.60. The van der Waals surface area contributed by atoms with Crippen molar-refractivity contribution in [3.05, 3.63) is 81.5 Å². The number of hydrogen-bond donors (Lipinski definition) is 0. The molecule has 2 aromatic rings. The molecule has 2 heterocycles. The van der Waals surface area contributed by atoms with E-state index in [2.05, 4.69) is 24.3 Å². The molecule has 2 aliphatic rings. The Balaban J connectivity index is 1.58. The second-order valence-corrected chi connectivity index (χ2v) is 8.41. The minimum absolute atomic E-state index is 0.0418. The summed E-state index contributed by atoms with van der Waals surface area (Å²) >= 11 is 0. The normalized spacial score (nSPS) is 17.4. The fourth-order valence-corrected chi connectivity index (χ4v) is 4.60. The predicted molar refractivity (Wildman–Crippen MR) is 121 cm³/mol. The van der Waals surface area contributed by atoms with E-state index in [9.17, 15) is 19.7 Å². The summed E-state index contributed by atoms with van der Waals surface area (Å²) in [7, 11) is 0. The number of carbonyl (C=O) groups excluding carboxylic acids is 2. The summed E-state index contributed by atoms with van der Waals surface area (Å²) in [5.41, 5.74) is 2.63. The van der Waals surface area contributed by atoms with Crippen molar-refractivity contribution in [2.75, 3.05) is 19.6 Å². The first kappa shape index (κ1) is 21.7. The monoisotopic (exact) mass is 433 g/mol. The Kier molecular flexibility index (Phi) is 6.35. The van der Waals surface area contributed by atoms with Crippen LogP contribution < -0.4 is 0 Å². The number of nitrogens with zero attached hydrogens (tertiary/aromatic N) is 3. The Morgan fingerprint density at radius 1 is 0.969 bits per heavy atom. The molecular formula is C25H27N3O4. The fraction of sp³-hybridized carbons (Fsp3) is 0.360. The summed E-state index contributed by atoms with van der Waals surface area (Å²) in [5.74, 6) is -0.0325. The second-order valence-electron chi connectivity index (χ2n) is 8.41. The second kappa shape index (κ2) is 9.34. The molecule has 1 fully saturated rings. The third-order valence-corrected chi connectivity index (χ3v) is 6.26. The molecule has 7 heteroatoms. The van der Waals surface area contributed by atoms with Crippen molar-refractivity contribution in [1.82, 2.24) is 9.80 Å². The summed E-state index contributed by atoms with van der Waals surface area (Å²) in [4.78, 5) is 40.3. The van der Waals surface area contributed by atoms with Gasteiger partial charge in [-0.25, -0.2) is 0 Å². The highest BCUT2D eigenvalue weighted by Crippen LogP contribution is 2.35. The van der Waals surface area contributed by atoms with Crippen molar-refractivity contribution >= 4 is 23.1 Å². The first-order chi connectivity index (χ1) is 15.5. The van der Waals surface area contributed by atoms with Crippen LogP contribution in [-0.2, 0) is 16.0 Å². The molecule has 0 saturated carbocycles. The van der Waals surface area contributed by atoms with Gasteiger partial charge in [-0.15, -0.1) is 0 Å². The van der Waals surface area contributed by atoms with Crippen LogP contribution in [0.4, 0.5) is 5.69 Å². The summed E-state index contributed by atoms with van der Waals surface area (Å²) in [6, 6.07) is 16.3. The van der Waals surface area contributed by atoms with Crippen molar-refractivity contribution < 1.29 is 14.5 Å². The summed E-state index contributed by atoms with van der Waals surface area (Å²) < 4.78 is 0. The summed E-state index contributed by atoms with van der Waals surface area (Å²) in [6.45, 7) is 3.71. The minimum atomic E-state index is -0.471. The highest BCUT2D eigenvalue weighted by atomic mass is 16.6. The van der Waals surface area contributed by atoms with E-state index < -0.39 is 4.92 Å². The molecule has 0 bridgehead atoms. The molecule has 0 atom stereocenters. The van der Waals surface area contributed by atoms with Gasteiger partial charge in [0.25, 0.3) is 17.5 Å². The van der Waals surface area contributed by atoms with Crippen molar-refractivity contribution in [2.45, 2.75) is 32.6 Å². The number of piperidine rings is 1. The zero-order valence-corrected chi connectivity index (χ0v) is 18.2. The number of rotatable bonds is 7. The molecule has 32 heavy (non-hydrogen) atoms. The van der Waals surface area contributed by atoms with Crippen LogP contribution in [0.15, 0.2) is 60.3 Å². The van der Waals surface area contributed by atoms with Gasteiger partial charge < -0.3 is 4.90 Å². The highest BCUT2D eigenvalue weighted by Gasteiger charge is 2.41. The third kappa shape index (κ3) is 4.28. The molecule has 7 nitrogen and oxygen atoms in total. The summed E-state index contributed by atoms with van der Waals surface area (Å²) in [6.07, 6.45) is 3.58. The number of carbonyl (C=O) groups is 2. The quantitative estimate of drug-likeness (QED) is 0.374.